The predicted molar refractivity (Wildman–Crippen MR) is 64.1 cm³/mol. The topological polar surface area (TPSA) is 68.7 Å². The lowest BCUT2D eigenvalue weighted by Crippen LogP contribution is -2.13. The standard InChI is InChI=1S/C11H8BrN3O/c1-6-8-4-7(5-13)2-3-9(8)14-10(6)11(16)15-12/h2-4,14H,1H3,(H,15,16). The minimum Gasteiger partial charge on any atom is -0.350 e. The second-order valence-corrected chi connectivity index (χ2v) is 3.82. The summed E-state index contributed by atoms with van der Waals surface area (Å²) in [6, 6.07) is 7.36. The summed E-state index contributed by atoms with van der Waals surface area (Å²) in [7, 11) is 0. The van der Waals surface area contributed by atoms with Crippen molar-refractivity contribution in [3.8, 4) is 6.07 Å². The molecule has 80 valence electrons. The fourth-order valence-corrected chi connectivity index (χ4v) is 1.87. The largest absolute Gasteiger partial charge is 0.350 e. The maximum absolute atomic E-state index is 11.5. The Morgan fingerprint density at radius 3 is 2.94 bits per heavy atom. The van der Waals surface area contributed by atoms with Gasteiger partial charge in [0, 0.05) is 27.1 Å². The highest BCUT2D eigenvalue weighted by Crippen LogP contribution is 2.22. The summed E-state index contributed by atoms with van der Waals surface area (Å²) >= 11 is 2.90. The molecule has 2 N–H and O–H groups in total. The predicted octanol–water partition coefficient (Wildman–Crippen LogP) is 2.39. The number of aromatic amines is 1. The van der Waals surface area contributed by atoms with Crippen LogP contribution in [-0.4, -0.2) is 10.9 Å². The van der Waals surface area contributed by atoms with Gasteiger partial charge in [-0.05, 0) is 30.7 Å². The maximum Gasteiger partial charge on any atom is 0.277 e. The van der Waals surface area contributed by atoms with E-state index in [9.17, 15) is 4.79 Å². The van der Waals surface area contributed by atoms with Crippen molar-refractivity contribution >= 4 is 33.0 Å². The smallest absolute Gasteiger partial charge is 0.277 e. The molecule has 0 unspecified atom stereocenters. The van der Waals surface area contributed by atoms with Crippen LogP contribution in [-0.2, 0) is 0 Å². The number of nitrogens with one attached hydrogen (secondary N) is 2. The van der Waals surface area contributed by atoms with E-state index >= 15 is 0 Å². The number of benzene rings is 1. The number of hydrogen-bond donors (Lipinski definition) is 2. The van der Waals surface area contributed by atoms with Gasteiger partial charge in [-0.15, -0.1) is 0 Å². The van der Waals surface area contributed by atoms with Crippen molar-refractivity contribution in [2.75, 3.05) is 0 Å². The molecule has 0 aliphatic heterocycles. The van der Waals surface area contributed by atoms with Crippen molar-refractivity contribution in [2.45, 2.75) is 6.92 Å². The van der Waals surface area contributed by atoms with E-state index in [1.165, 1.54) is 0 Å². The third-order valence-electron chi connectivity index (χ3n) is 2.50. The normalized spacial score (nSPS) is 10.1. The zero-order valence-electron chi connectivity index (χ0n) is 8.47. The molecule has 0 saturated carbocycles. The molecule has 0 spiro atoms. The second-order valence-electron chi connectivity index (χ2n) is 3.42. The molecule has 5 heteroatoms. The minimum atomic E-state index is -0.229. The van der Waals surface area contributed by atoms with Crippen molar-refractivity contribution in [3.05, 3.63) is 35.0 Å². The number of hydrogen-bond acceptors (Lipinski definition) is 2. The van der Waals surface area contributed by atoms with Gasteiger partial charge in [0.25, 0.3) is 5.91 Å². The van der Waals surface area contributed by atoms with Crippen LogP contribution in [0, 0.1) is 18.3 Å². The molecular formula is C11H8BrN3O. The molecule has 0 bridgehead atoms. The van der Waals surface area contributed by atoms with Crippen LogP contribution in [0.1, 0.15) is 21.6 Å². The Labute approximate surface area is 101 Å². The van der Waals surface area contributed by atoms with Crippen LogP contribution in [0.25, 0.3) is 10.9 Å². The van der Waals surface area contributed by atoms with Crippen molar-refractivity contribution < 1.29 is 4.79 Å². The van der Waals surface area contributed by atoms with Gasteiger partial charge in [-0.1, -0.05) is 0 Å². The molecule has 0 aliphatic carbocycles. The highest BCUT2D eigenvalue weighted by molar-refractivity contribution is 9.08. The maximum atomic E-state index is 11.5. The minimum absolute atomic E-state index is 0.229. The van der Waals surface area contributed by atoms with Gasteiger partial charge < -0.3 is 4.98 Å². The Kier molecular flexibility index (Phi) is 2.67. The Morgan fingerprint density at radius 1 is 1.56 bits per heavy atom. The number of aromatic nitrogens is 1. The van der Waals surface area contributed by atoms with E-state index in [0.717, 1.165) is 16.5 Å². The first-order chi connectivity index (χ1) is 7.67. The summed E-state index contributed by atoms with van der Waals surface area (Å²) in [6.45, 7) is 1.84. The molecule has 1 aromatic carbocycles. The monoisotopic (exact) mass is 277 g/mol. The molecule has 1 amide bonds. The summed E-state index contributed by atoms with van der Waals surface area (Å²) in [4.78, 5) is 14.5. The third kappa shape index (κ3) is 1.57. The number of aryl methyl sites for hydroxylation is 1. The lowest BCUT2D eigenvalue weighted by Gasteiger charge is -1.95. The summed E-state index contributed by atoms with van der Waals surface area (Å²) in [5, 5.41) is 9.70. The Bertz CT molecular complexity index is 609. The van der Waals surface area contributed by atoms with Gasteiger partial charge in [-0.25, -0.2) is 0 Å². The molecule has 0 atom stereocenters. The van der Waals surface area contributed by atoms with Crippen molar-refractivity contribution in [1.82, 2.24) is 9.33 Å². The zero-order valence-corrected chi connectivity index (χ0v) is 10.1. The third-order valence-corrected chi connectivity index (χ3v) is 2.86. The molecule has 2 rings (SSSR count). The van der Waals surface area contributed by atoms with Crippen LogP contribution in [0.15, 0.2) is 18.2 Å². The molecular weight excluding hydrogens is 270 g/mol. The van der Waals surface area contributed by atoms with Gasteiger partial charge in [-0.2, -0.15) is 5.26 Å². The number of amides is 1. The zero-order chi connectivity index (χ0) is 11.7. The first kappa shape index (κ1) is 10.7. The van der Waals surface area contributed by atoms with E-state index in [1.807, 2.05) is 6.92 Å². The lowest BCUT2D eigenvalue weighted by atomic mass is 10.1. The van der Waals surface area contributed by atoms with Crippen LogP contribution in [0.2, 0.25) is 0 Å². The van der Waals surface area contributed by atoms with E-state index in [0.29, 0.717) is 11.3 Å². The quantitative estimate of drug-likeness (QED) is 0.786. The van der Waals surface area contributed by atoms with Gasteiger partial charge in [0.15, 0.2) is 0 Å². The van der Waals surface area contributed by atoms with Crippen molar-refractivity contribution in [3.63, 3.8) is 0 Å². The first-order valence-corrected chi connectivity index (χ1v) is 5.40. The Morgan fingerprint density at radius 2 is 2.31 bits per heavy atom. The number of halogens is 1. The van der Waals surface area contributed by atoms with Gasteiger partial charge in [0.1, 0.15) is 5.69 Å². The Balaban J connectivity index is 2.70. The first-order valence-electron chi connectivity index (χ1n) is 4.60. The average Bonchev–Trinajstić information content (AvgIpc) is 2.65. The highest BCUT2D eigenvalue weighted by Gasteiger charge is 2.13. The van der Waals surface area contributed by atoms with Gasteiger partial charge >= 0.3 is 0 Å². The van der Waals surface area contributed by atoms with Crippen molar-refractivity contribution in [1.29, 1.82) is 5.26 Å². The fourth-order valence-electron chi connectivity index (χ4n) is 1.67. The molecule has 0 saturated heterocycles. The molecule has 0 aliphatic rings. The molecule has 0 fully saturated rings. The summed E-state index contributed by atoms with van der Waals surface area (Å²) in [6.07, 6.45) is 0. The molecule has 2 aromatic rings. The van der Waals surface area contributed by atoms with E-state index < -0.39 is 0 Å². The molecule has 0 radical (unpaired) electrons. The SMILES string of the molecule is Cc1c(C(=O)NBr)[nH]c2ccc(C#N)cc12. The van der Waals surface area contributed by atoms with Crippen LogP contribution >= 0.6 is 16.1 Å². The van der Waals surface area contributed by atoms with Crippen LogP contribution in [0.5, 0.6) is 0 Å². The fraction of sp³-hybridized carbons (Fsp3) is 0.0909. The molecule has 1 aromatic heterocycles. The lowest BCUT2D eigenvalue weighted by molar-refractivity contribution is 0.0982. The summed E-state index contributed by atoms with van der Waals surface area (Å²) in [5.41, 5.74) is 2.77. The van der Waals surface area contributed by atoms with Gasteiger partial charge in [0.2, 0.25) is 0 Å². The summed E-state index contributed by atoms with van der Waals surface area (Å²) < 4.78 is 2.39. The molecule has 16 heavy (non-hydrogen) atoms. The summed E-state index contributed by atoms with van der Waals surface area (Å²) in [5.74, 6) is -0.229. The second kappa shape index (κ2) is 3.99. The number of rotatable bonds is 1. The van der Waals surface area contributed by atoms with Crippen LogP contribution < -0.4 is 4.34 Å². The van der Waals surface area contributed by atoms with Crippen LogP contribution in [0.3, 0.4) is 0 Å². The van der Waals surface area contributed by atoms with E-state index in [-0.39, 0.29) is 5.91 Å². The van der Waals surface area contributed by atoms with E-state index in [2.05, 4.69) is 31.5 Å². The average molecular weight is 278 g/mol. The van der Waals surface area contributed by atoms with Gasteiger partial charge in [0.05, 0.1) is 11.6 Å². The highest BCUT2D eigenvalue weighted by atomic mass is 79.9. The number of carbonyl (C=O) groups excluding carboxylic acids is 1. The van der Waals surface area contributed by atoms with Crippen LogP contribution in [0.4, 0.5) is 0 Å². The number of nitrogens with zero attached hydrogens (tertiary/aromatic N) is 1. The molecule has 1 heterocycles. The number of H-pyrrole nitrogens is 1. The van der Waals surface area contributed by atoms with Crippen molar-refractivity contribution in [2.24, 2.45) is 0 Å². The Hall–Kier alpha value is -1.80. The molecule has 4 nitrogen and oxygen atoms in total. The van der Waals surface area contributed by atoms with E-state index in [4.69, 9.17) is 5.26 Å². The number of nitriles is 1. The van der Waals surface area contributed by atoms with Gasteiger partial charge in [-0.3, -0.25) is 9.14 Å². The van der Waals surface area contributed by atoms with E-state index in [1.54, 1.807) is 18.2 Å². The number of carbonyl (C=O) groups is 1. The number of fused-ring (bicyclic) bond motifs is 1.